The Morgan fingerprint density at radius 3 is 2.68 bits per heavy atom. The van der Waals surface area contributed by atoms with Crippen molar-refractivity contribution in [3.8, 4) is 0 Å². The average molecular weight is 383 g/mol. The van der Waals surface area contributed by atoms with Crippen molar-refractivity contribution >= 4 is 23.5 Å². The van der Waals surface area contributed by atoms with Gasteiger partial charge >= 0.3 is 0 Å². The molecule has 0 N–H and O–H groups in total. The quantitative estimate of drug-likeness (QED) is 0.555. The van der Waals surface area contributed by atoms with Crippen LogP contribution in [0.3, 0.4) is 0 Å². The molecule has 2 fully saturated rings. The SMILES string of the molecule is c1ccc(COCC[C@H](CC2SCCCS2)OC2CCCCO2)cc1. The van der Waals surface area contributed by atoms with E-state index in [2.05, 4.69) is 47.8 Å². The van der Waals surface area contributed by atoms with Crippen molar-refractivity contribution in [1.82, 2.24) is 0 Å². The zero-order valence-corrected chi connectivity index (χ0v) is 16.6. The maximum Gasteiger partial charge on any atom is 0.157 e. The largest absolute Gasteiger partial charge is 0.377 e. The third-order valence-electron chi connectivity index (χ3n) is 4.53. The van der Waals surface area contributed by atoms with Crippen LogP contribution >= 0.6 is 23.5 Å². The van der Waals surface area contributed by atoms with Gasteiger partial charge in [-0.05, 0) is 55.6 Å². The Kier molecular flexibility index (Phi) is 9.00. The highest BCUT2D eigenvalue weighted by atomic mass is 32.2. The van der Waals surface area contributed by atoms with E-state index in [9.17, 15) is 0 Å². The van der Waals surface area contributed by atoms with Gasteiger partial charge in [-0.1, -0.05) is 30.3 Å². The van der Waals surface area contributed by atoms with E-state index in [1.165, 1.54) is 36.3 Å². The van der Waals surface area contributed by atoms with Crippen LogP contribution in [0.4, 0.5) is 0 Å². The lowest BCUT2D eigenvalue weighted by Crippen LogP contribution is -2.30. The van der Waals surface area contributed by atoms with Gasteiger partial charge in [-0.25, -0.2) is 0 Å². The average Bonchev–Trinajstić information content (AvgIpc) is 2.67. The fourth-order valence-electron chi connectivity index (χ4n) is 3.14. The Labute approximate surface area is 160 Å². The second-order valence-electron chi connectivity index (χ2n) is 6.64. The minimum Gasteiger partial charge on any atom is -0.377 e. The van der Waals surface area contributed by atoms with Gasteiger partial charge in [0, 0.05) is 13.2 Å². The summed E-state index contributed by atoms with van der Waals surface area (Å²) in [5.74, 6) is 2.57. The molecule has 5 heteroatoms. The normalized spacial score (nSPS) is 23.4. The highest BCUT2D eigenvalue weighted by Gasteiger charge is 2.24. The Morgan fingerprint density at radius 2 is 1.92 bits per heavy atom. The summed E-state index contributed by atoms with van der Waals surface area (Å²) in [6.07, 6.45) is 7.03. The van der Waals surface area contributed by atoms with Crippen LogP contribution in [-0.2, 0) is 20.8 Å². The summed E-state index contributed by atoms with van der Waals surface area (Å²) in [6, 6.07) is 10.4. The lowest BCUT2D eigenvalue weighted by molar-refractivity contribution is -0.191. The predicted molar refractivity (Wildman–Crippen MR) is 107 cm³/mol. The smallest absolute Gasteiger partial charge is 0.157 e. The van der Waals surface area contributed by atoms with Gasteiger partial charge < -0.3 is 14.2 Å². The summed E-state index contributed by atoms with van der Waals surface area (Å²) < 4.78 is 18.7. The van der Waals surface area contributed by atoms with Crippen molar-refractivity contribution in [2.75, 3.05) is 24.7 Å². The molecule has 3 rings (SSSR count). The van der Waals surface area contributed by atoms with Crippen LogP contribution in [0.5, 0.6) is 0 Å². The minimum atomic E-state index is -0.00790. The molecule has 25 heavy (non-hydrogen) atoms. The first kappa shape index (κ1) is 19.6. The second-order valence-corrected chi connectivity index (χ2v) is 9.56. The number of hydrogen-bond donors (Lipinski definition) is 0. The summed E-state index contributed by atoms with van der Waals surface area (Å²) in [4.78, 5) is 0. The van der Waals surface area contributed by atoms with E-state index >= 15 is 0 Å². The van der Waals surface area contributed by atoms with Crippen molar-refractivity contribution in [3.63, 3.8) is 0 Å². The van der Waals surface area contributed by atoms with Crippen molar-refractivity contribution in [1.29, 1.82) is 0 Å². The summed E-state index contributed by atoms with van der Waals surface area (Å²) in [5, 5.41) is 0. The van der Waals surface area contributed by atoms with Gasteiger partial charge in [-0.2, -0.15) is 0 Å². The molecule has 3 nitrogen and oxygen atoms in total. The van der Waals surface area contributed by atoms with Crippen LogP contribution in [0.25, 0.3) is 0 Å². The predicted octanol–water partition coefficient (Wildman–Crippen LogP) is 5.09. The van der Waals surface area contributed by atoms with Gasteiger partial charge in [-0.3, -0.25) is 0 Å². The summed E-state index contributed by atoms with van der Waals surface area (Å²) in [5.41, 5.74) is 1.23. The first-order valence-electron chi connectivity index (χ1n) is 9.52. The maximum atomic E-state index is 6.32. The van der Waals surface area contributed by atoms with E-state index in [0.717, 1.165) is 32.5 Å². The first-order valence-corrected chi connectivity index (χ1v) is 11.6. The maximum absolute atomic E-state index is 6.32. The molecule has 0 amide bonds. The molecule has 2 atom stereocenters. The van der Waals surface area contributed by atoms with Gasteiger partial charge in [0.2, 0.25) is 0 Å². The number of thioether (sulfide) groups is 2. The monoisotopic (exact) mass is 382 g/mol. The van der Waals surface area contributed by atoms with Crippen LogP contribution < -0.4 is 0 Å². The topological polar surface area (TPSA) is 27.7 Å². The molecule has 2 heterocycles. The van der Waals surface area contributed by atoms with E-state index in [1.54, 1.807) is 0 Å². The molecule has 140 valence electrons. The number of benzene rings is 1. The van der Waals surface area contributed by atoms with Crippen molar-refractivity contribution in [2.45, 2.75) is 62.1 Å². The van der Waals surface area contributed by atoms with Crippen molar-refractivity contribution in [2.24, 2.45) is 0 Å². The zero-order valence-electron chi connectivity index (χ0n) is 14.9. The molecule has 0 radical (unpaired) electrons. The van der Waals surface area contributed by atoms with Gasteiger partial charge in [0.05, 0.1) is 17.3 Å². The third kappa shape index (κ3) is 7.51. The Morgan fingerprint density at radius 1 is 1.08 bits per heavy atom. The van der Waals surface area contributed by atoms with E-state index in [4.69, 9.17) is 14.2 Å². The highest BCUT2D eigenvalue weighted by molar-refractivity contribution is 8.17. The van der Waals surface area contributed by atoms with Gasteiger partial charge in [0.15, 0.2) is 6.29 Å². The number of hydrogen-bond acceptors (Lipinski definition) is 5. The molecule has 1 unspecified atom stereocenters. The van der Waals surface area contributed by atoms with Crippen molar-refractivity contribution < 1.29 is 14.2 Å². The van der Waals surface area contributed by atoms with Gasteiger partial charge in [-0.15, -0.1) is 23.5 Å². The van der Waals surface area contributed by atoms with Gasteiger partial charge in [0.25, 0.3) is 0 Å². The van der Waals surface area contributed by atoms with Crippen molar-refractivity contribution in [3.05, 3.63) is 35.9 Å². The molecule has 2 saturated heterocycles. The summed E-state index contributed by atoms with van der Waals surface area (Å²) in [7, 11) is 0. The molecule has 0 aliphatic carbocycles. The molecule has 2 aliphatic rings. The molecular weight excluding hydrogens is 352 g/mol. The van der Waals surface area contributed by atoms with Crippen LogP contribution in [0.2, 0.25) is 0 Å². The van der Waals surface area contributed by atoms with E-state index in [-0.39, 0.29) is 12.4 Å². The second kappa shape index (κ2) is 11.5. The number of rotatable bonds is 9. The molecule has 0 saturated carbocycles. The molecule has 2 aliphatic heterocycles. The molecule has 1 aromatic rings. The van der Waals surface area contributed by atoms with Crippen LogP contribution in [0, 0.1) is 0 Å². The molecular formula is C20H30O3S2. The van der Waals surface area contributed by atoms with Crippen LogP contribution in [0.15, 0.2) is 30.3 Å². The molecule has 1 aromatic carbocycles. The van der Waals surface area contributed by atoms with Gasteiger partial charge in [0.1, 0.15) is 0 Å². The number of ether oxygens (including phenoxy) is 3. The molecule has 0 spiro atoms. The zero-order chi connectivity index (χ0) is 17.2. The minimum absolute atomic E-state index is 0.00790. The van der Waals surface area contributed by atoms with Crippen LogP contribution in [0.1, 0.15) is 44.1 Å². The third-order valence-corrected chi connectivity index (χ3v) is 7.52. The van der Waals surface area contributed by atoms with Crippen LogP contribution in [-0.4, -0.2) is 41.7 Å². The Bertz CT molecular complexity index is 439. The standard InChI is InChI=1S/C20H30O3S2/c1-2-7-17(8-3-1)16-21-12-10-18(15-20-24-13-6-14-25-20)23-19-9-4-5-11-22-19/h1-3,7-8,18-20H,4-6,9-16H2/t18-,19?/m1/s1. The molecule has 0 aromatic heterocycles. The van der Waals surface area contributed by atoms with E-state index in [1.807, 2.05) is 6.07 Å². The summed E-state index contributed by atoms with van der Waals surface area (Å²) >= 11 is 4.18. The molecule has 0 bridgehead atoms. The Hall–Kier alpha value is -0.200. The lowest BCUT2D eigenvalue weighted by Gasteiger charge is -2.30. The van der Waals surface area contributed by atoms with E-state index < -0.39 is 0 Å². The lowest BCUT2D eigenvalue weighted by atomic mass is 10.2. The fourth-order valence-corrected chi connectivity index (χ4v) is 6.14. The Balaban J connectivity index is 1.42. The first-order chi connectivity index (χ1) is 12.4. The highest BCUT2D eigenvalue weighted by Crippen LogP contribution is 2.35. The summed E-state index contributed by atoms with van der Waals surface area (Å²) in [6.45, 7) is 2.27. The van der Waals surface area contributed by atoms with E-state index in [0.29, 0.717) is 11.2 Å². The fraction of sp³-hybridized carbons (Fsp3) is 0.700.